The fraction of sp³-hybridized carbons (Fsp3) is 0.405. The van der Waals surface area contributed by atoms with Crippen LogP contribution in [0.4, 0.5) is 9.18 Å². The molecule has 5 rings (SSSR count). The Labute approximate surface area is 285 Å². The van der Waals surface area contributed by atoms with E-state index >= 15 is 0 Å². The summed E-state index contributed by atoms with van der Waals surface area (Å²) >= 11 is 0. The van der Waals surface area contributed by atoms with Gasteiger partial charge in [0, 0.05) is 43.4 Å². The molecule has 0 saturated carbocycles. The molecule has 2 aliphatic rings. The van der Waals surface area contributed by atoms with Gasteiger partial charge in [-0.3, -0.25) is 19.3 Å². The van der Waals surface area contributed by atoms with Gasteiger partial charge in [0.1, 0.15) is 29.3 Å². The summed E-state index contributed by atoms with van der Waals surface area (Å²) in [5.74, 6) is -1.85. The van der Waals surface area contributed by atoms with Gasteiger partial charge in [-0.2, -0.15) is 0 Å². The van der Waals surface area contributed by atoms with E-state index < -0.39 is 47.5 Å². The van der Waals surface area contributed by atoms with E-state index in [0.717, 1.165) is 5.56 Å². The van der Waals surface area contributed by atoms with Crippen molar-refractivity contribution in [3.05, 3.63) is 101 Å². The first-order chi connectivity index (χ1) is 23.4. The van der Waals surface area contributed by atoms with Gasteiger partial charge in [0.15, 0.2) is 0 Å². The third kappa shape index (κ3) is 9.35. The van der Waals surface area contributed by atoms with Crippen molar-refractivity contribution in [3.63, 3.8) is 0 Å². The monoisotopic (exact) mass is 674 g/mol. The molecular formula is C37H43FN4O7. The third-order valence-corrected chi connectivity index (χ3v) is 8.31. The number of aliphatic hydroxyl groups is 1. The van der Waals surface area contributed by atoms with Gasteiger partial charge in [0.25, 0.3) is 11.8 Å². The van der Waals surface area contributed by atoms with Crippen LogP contribution in [0.1, 0.15) is 65.5 Å². The molecule has 0 radical (unpaired) electrons. The highest BCUT2D eigenvalue weighted by Crippen LogP contribution is 2.25. The molecule has 2 heterocycles. The number of aliphatic hydroxyl groups excluding tert-OH is 1. The molecule has 3 unspecified atom stereocenters. The van der Waals surface area contributed by atoms with Crippen molar-refractivity contribution in [3.8, 4) is 5.75 Å². The van der Waals surface area contributed by atoms with Crippen LogP contribution in [0.3, 0.4) is 0 Å². The summed E-state index contributed by atoms with van der Waals surface area (Å²) < 4.78 is 26.3. The highest BCUT2D eigenvalue weighted by molar-refractivity contribution is 6.00. The number of carbonyl (C=O) groups is 4. The second-order valence-electron chi connectivity index (χ2n) is 13.3. The Balaban J connectivity index is 1.53. The Morgan fingerprint density at radius 3 is 2.45 bits per heavy atom. The van der Waals surface area contributed by atoms with E-state index in [1.54, 1.807) is 43.9 Å². The number of benzene rings is 3. The average molecular weight is 675 g/mol. The summed E-state index contributed by atoms with van der Waals surface area (Å²) in [6.45, 7) is 6.24. The predicted octanol–water partition coefficient (Wildman–Crippen LogP) is 4.08. The maximum absolute atomic E-state index is 14.9. The lowest BCUT2D eigenvalue weighted by molar-refractivity contribution is -0.148. The zero-order valence-electron chi connectivity index (χ0n) is 28.0. The standard InChI is InChI=1S/C37H43FN4O7/c1-37(2,3)49-36(47)42-16-15-41(23-24-10-5-4-6-11-24)35(46)31(42)32(43)30-20-25-18-28(38)22-29(19-25)48-17-8-7-14-39-33(44)26-12-9-13-27(21-26)34(45)40-30/h4-6,9-13,18-19,21-22,30-32,43H,7-8,14-17,20,23H2,1-3H3,(H,39,44)(H,40,45). The summed E-state index contributed by atoms with van der Waals surface area (Å²) in [4.78, 5) is 57.1. The van der Waals surface area contributed by atoms with Gasteiger partial charge in [-0.25, -0.2) is 9.18 Å². The maximum Gasteiger partial charge on any atom is 0.411 e. The number of fused-ring (bicyclic) bond motifs is 4. The van der Waals surface area contributed by atoms with Crippen LogP contribution < -0.4 is 15.4 Å². The van der Waals surface area contributed by atoms with Gasteiger partial charge in [-0.1, -0.05) is 36.4 Å². The zero-order chi connectivity index (χ0) is 35.1. The summed E-state index contributed by atoms with van der Waals surface area (Å²) in [6.07, 6.45) is -1.36. The van der Waals surface area contributed by atoms with E-state index in [2.05, 4.69) is 10.6 Å². The van der Waals surface area contributed by atoms with Crippen molar-refractivity contribution in [2.24, 2.45) is 0 Å². The molecule has 11 nitrogen and oxygen atoms in total. The van der Waals surface area contributed by atoms with Crippen LogP contribution >= 0.6 is 0 Å². The molecule has 0 aromatic heterocycles. The van der Waals surface area contributed by atoms with Crippen LogP contribution in [0.25, 0.3) is 0 Å². The van der Waals surface area contributed by atoms with Crippen molar-refractivity contribution in [2.45, 2.75) is 70.4 Å². The number of rotatable bonds is 4. The minimum atomic E-state index is -1.66. The zero-order valence-corrected chi connectivity index (χ0v) is 28.0. The van der Waals surface area contributed by atoms with Gasteiger partial charge < -0.3 is 30.1 Å². The average Bonchev–Trinajstić information content (AvgIpc) is 3.05. The Morgan fingerprint density at radius 1 is 0.980 bits per heavy atom. The number of nitrogens with zero attached hydrogens (tertiary/aromatic N) is 2. The van der Waals surface area contributed by atoms with Crippen LogP contribution in [0.2, 0.25) is 0 Å². The molecular weight excluding hydrogens is 631 g/mol. The molecule has 3 aromatic carbocycles. The largest absolute Gasteiger partial charge is 0.493 e. The fourth-order valence-electron chi connectivity index (χ4n) is 5.94. The van der Waals surface area contributed by atoms with Gasteiger partial charge in [0.2, 0.25) is 5.91 Å². The Hall–Kier alpha value is -4.97. The first-order valence-corrected chi connectivity index (χ1v) is 16.5. The van der Waals surface area contributed by atoms with Crippen LogP contribution in [-0.2, 0) is 22.5 Å². The van der Waals surface area contributed by atoms with Crippen LogP contribution in [0, 0.1) is 5.82 Å². The number of nitrogens with one attached hydrogen (secondary N) is 2. The lowest BCUT2D eigenvalue weighted by Gasteiger charge is -2.44. The highest BCUT2D eigenvalue weighted by atomic mass is 19.1. The van der Waals surface area contributed by atoms with Crippen molar-refractivity contribution in [1.82, 2.24) is 20.4 Å². The number of piperazine rings is 1. The third-order valence-electron chi connectivity index (χ3n) is 8.31. The molecule has 4 amide bonds. The highest BCUT2D eigenvalue weighted by Gasteiger charge is 2.46. The first kappa shape index (κ1) is 35.3. The van der Waals surface area contributed by atoms with E-state index in [0.29, 0.717) is 24.9 Å². The minimum Gasteiger partial charge on any atom is -0.493 e. The number of ether oxygens (including phenoxy) is 2. The quantitative estimate of drug-likeness (QED) is 0.380. The molecule has 1 fully saturated rings. The molecule has 3 atom stereocenters. The molecule has 3 aromatic rings. The van der Waals surface area contributed by atoms with Crippen molar-refractivity contribution >= 4 is 23.8 Å². The van der Waals surface area contributed by atoms with Gasteiger partial charge >= 0.3 is 6.09 Å². The molecule has 1 saturated heterocycles. The molecule has 49 heavy (non-hydrogen) atoms. The van der Waals surface area contributed by atoms with Crippen LogP contribution in [-0.4, -0.2) is 88.8 Å². The Bertz CT molecular complexity index is 1660. The van der Waals surface area contributed by atoms with E-state index in [-0.39, 0.29) is 55.4 Å². The summed E-state index contributed by atoms with van der Waals surface area (Å²) in [6, 6.07) is 16.9. The smallest absolute Gasteiger partial charge is 0.411 e. The maximum atomic E-state index is 14.9. The molecule has 3 N–H and O–H groups in total. The van der Waals surface area contributed by atoms with Gasteiger partial charge in [0.05, 0.1) is 12.6 Å². The van der Waals surface area contributed by atoms with Crippen LogP contribution in [0.5, 0.6) is 5.75 Å². The number of amides is 4. The topological polar surface area (TPSA) is 138 Å². The van der Waals surface area contributed by atoms with Crippen molar-refractivity contribution < 1.29 is 38.1 Å². The normalized spacial score (nSPS) is 20.0. The van der Waals surface area contributed by atoms with Crippen LogP contribution in [0.15, 0.2) is 72.8 Å². The summed E-state index contributed by atoms with van der Waals surface area (Å²) in [5, 5.41) is 17.8. The lowest BCUT2D eigenvalue weighted by Crippen LogP contribution is -2.66. The molecule has 2 aliphatic heterocycles. The SMILES string of the molecule is CC(C)(C)OC(=O)N1CCN(Cc2ccccc2)C(=O)C1C(O)C1Cc2cc(F)cc(c2)OCCCCNC(=O)c2cccc(c2)C(=O)N1. The van der Waals surface area contributed by atoms with E-state index in [9.17, 15) is 28.7 Å². The molecule has 0 spiro atoms. The molecule has 260 valence electrons. The van der Waals surface area contributed by atoms with E-state index in [4.69, 9.17) is 9.47 Å². The van der Waals surface area contributed by atoms with Crippen molar-refractivity contribution in [1.29, 1.82) is 0 Å². The second-order valence-corrected chi connectivity index (χ2v) is 13.3. The number of hydrogen-bond donors (Lipinski definition) is 3. The lowest BCUT2D eigenvalue weighted by atomic mass is 9.92. The first-order valence-electron chi connectivity index (χ1n) is 16.5. The Kier molecular flexibility index (Phi) is 11.2. The Morgan fingerprint density at radius 2 is 1.71 bits per heavy atom. The number of carbonyl (C=O) groups excluding carboxylic acids is 4. The fourth-order valence-corrected chi connectivity index (χ4v) is 5.94. The van der Waals surface area contributed by atoms with Gasteiger partial charge in [-0.05, 0) is 81.5 Å². The predicted molar refractivity (Wildman–Crippen MR) is 179 cm³/mol. The van der Waals surface area contributed by atoms with E-state index in [1.165, 1.54) is 29.2 Å². The summed E-state index contributed by atoms with van der Waals surface area (Å²) in [7, 11) is 0. The minimum absolute atomic E-state index is 0.0605. The molecule has 12 heteroatoms. The second kappa shape index (κ2) is 15.5. The molecule has 0 aliphatic carbocycles. The molecule has 4 bridgehead atoms. The van der Waals surface area contributed by atoms with Gasteiger partial charge in [-0.15, -0.1) is 0 Å². The summed E-state index contributed by atoms with van der Waals surface area (Å²) in [5.41, 5.74) is 0.778. The number of halogens is 1. The van der Waals surface area contributed by atoms with E-state index in [1.807, 2.05) is 30.3 Å². The van der Waals surface area contributed by atoms with Crippen molar-refractivity contribution in [2.75, 3.05) is 26.2 Å². The number of hydrogen-bond acceptors (Lipinski definition) is 7.